The SMILES string of the molecule is CCN(Cc1ccc2c(c1)OCCO2)C(=O)COc1ccc(C(C)=O)cc1OC. The first-order valence-electron chi connectivity index (χ1n) is 9.50. The minimum atomic E-state index is -0.153. The number of methoxy groups -OCH3 is 1. The first-order chi connectivity index (χ1) is 14.0. The van der Waals surface area contributed by atoms with Crippen molar-refractivity contribution < 1.29 is 28.5 Å². The molecule has 7 heteroatoms. The lowest BCUT2D eigenvalue weighted by Gasteiger charge is -2.23. The highest BCUT2D eigenvalue weighted by Gasteiger charge is 2.17. The first-order valence-corrected chi connectivity index (χ1v) is 9.50. The number of ketones is 1. The second kappa shape index (κ2) is 9.32. The van der Waals surface area contributed by atoms with Crippen LogP contribution in [0.1, 0.15) is 29.8 Å². The van der Waals surface area contributed by atoms with Crippen LogP contribution in [0.2, 0.25) is 0 Å². The van der Waals surface area contributed by atoms with E-state index < -0.39 is 0 Å². The Kier molecular flexibility index (Phi) is 6.59. The number of nitrogens with zero attached hydrogens (tertiary/aromatic N) is 1. The van der Waals surface area contributed by atoms with E-state index >= 15 is 0 Å². The highest BCUT2D eigenvalue weighted by molar-refractivity contribution is 5.94. The predicted molar refractivity (Wildman–Crippen MR) is 107 cm³/mol. The third-order valence-electron chi connectivity index (χ3n) is 4.64. The number of rotatable bonds is 8. The molecule has 1 heterocycles. The lowest BCUT2D eigenvalue weighted by molar-refractivity contribution is -0.133. The van der Waals surface area contributed by atoms with Gasteiger partial charge in [-0.1, -0.05) is 6.07 Å². The van der Waals surface area contributed by atoms with Gasteiger partial charge in [-0.25, -0.2) is 0 Å². The maximum Gasteiger partial charge on any atom is 0.260 e. The van der Waals surface area contributed by atoms with Gasteiger partial charge in [-0.05, 0) is 49.7 Å². The molecule has 1 aliphatic rings. The fraction of sp³-hybridized carbons (Fsp3) is 0.364. The summed E-state index contributed by atoms with van der Waals surface area (Å²) >= 11 is 0. The van der Waals surface area contributed by atoms with E-state index in [2.05, 4.69) is 0 Å². The molecule has 0 saturated heterocycles. The zero-order valence-electron chi connectivity index (χ0n) is 16.9. The van der Waals surface area contributed by atoms with Gasteiger partial charge < -0.3 is 23.8 Å². The summed E-state index contributed by atoms with van der Waals surface area (Å²) in [6.07, 6.45) is 0. The zero-order chi connectivity index (χ0) is 20.8. The van der Waals surface area contributed by atoms with Crippen LogP contribution in [0.25, 0.3) is 0 Å². The van der Waals surface area contributed by atoms with E-state index in [9.17, 15) is 9.59 Å². The van der Waals surface area contributed by atoms with E-state index in [1.54, 1.807) is 23.1 Å². The molecular formula is C22H25NO6. The number of carbonyl (C=O) groups excluding carboxylic acids is 2. The average Bonchev–Trinajstić information content (AvgIpc) is 2.75. The van der Waals surface area contributed by atoms with Crippen molar-refractivity contribution in [2.75, 3.05) is 33.5 Å². The van der Waals surface area contributed by atoms with E-state index in [0.29, 0.717) is 49.1 Å². The quantitative estimate of drug-likeness (QED) is 0.635. The molecule has 154 valence electrons. The molecule has 0 fully saturated rings. The van der Waals surface area contributed by atoms with Gasteiger partial charge in [-0.15, -0.1) is 0 Å². The maximum absolute atomic E-state index is 12.7. The van der Waals surface area contributed by atoms with Gasteiger partial charge in [0.05, 0.1) is 7.11 Å². The summed E-state index contributed by atoms with van der Waals surface area (Å²) in [5.74, 6) is 2.03. The van der Waals surface area contributed by atoms with Crippen molar-refractivity contribution in [2.24, 2.45) is 0 Å². The van der Waals surface area contributed by atoms with Gasteiger partial charge in [-0.2, -0.15) is 0 Å². The fourth-order valence-electron chi connectivity index (χ4n) is 3.02. The predicted octanol–water partition coefficient (Wildman–Crippen LogP) is 3.10. The molecule has 2 aromatic carbocycles. The molecule has 0 aromatic heterocycles. The minimum absolute atomic E-state index is 0.0671. The Morgan fingerprint density at radius 2 is 1.79 bits per heavy atom. The third kappa shape index (κ3) is 4.99. The van der Waals surface area contributed by atoms with E-state index in [0.717, 1.165) is 11.3 Å². The maximum atomic E-state index is 12.7. The Labute approximate surface area is 170 Å². The zero-order valence-corrected chi connectivity index (χ0v) is 16.9. The number of ether oxygens (including phenoxy) is 4. The molecule has 3 rings (SSSR count). The molecule has 0 aliphatic carbocycles. The lowest BCUT2D eigenvalue weighted by atomic mass is 10.1. The van der Waals surface area contributed by atoms with Gasteiger partial charge in [0.1, 0.15) is 13.2 Å². The van der Waals surface area contributed by atoms with Crippen LogP contribution < -0.4 is 18.9 Å². The summed E-state index contributed by atoms with van der Waals surface area (Å²) in [7, 11) is 1.49. The Morgan fingerprint density at radius 3 is 2.48 bits per heavy atom. The van der Waals surface area contributed by atoms with Gasteiger partial charge in [-0.3, -0.25) is 9.59 Å². The molecule has 0 atom stereocenters. The van der Waals surface area contributed by atoms with Crippen LogP contribution in [0.4, 0.5) is 0 Å². The standard InChI is InChI=1S/C22H25NO6/c1-4-23(13-16-5-7-19-21(11-16)28-10-9-27-19)22(25)14-29-18-8-6-17(15(2)24)12-20(18)26-3/h5-8,11-12H,4,9-10,13-14H2,1-3H3. The minimum Gasteiger partial charge on any atom is -0.493 e. The highest BCUT2D eigenvalue weighted by atomic mass is 16.6. The van der Waals surface area contributed by atoms with Crippen LogP contribution in [0.5, 0.6) is 23.0 Å². The van der Waals surface area contributed by atoms with E-state index in [1.807, 2.05) is 25.1 Å². The number of Topliss-reactive ketones (excluding diaryl/α,β-unsaturated/α-hetero) is 1. The topological polar surface area (TPSA) is 74.3 Å². The van der Waals surface area contributed by atoms with Crippen molar-refractivity contribution in [1.82, 2.24) is 4.90 Å². The molecular weight excluding hydrogens is 374 g/mol. The number of hydrogen-bond acceptors (Lipinski definition) is 6. The Hall–Kier alpha value is -3.22. The summed E-state index contributed by atoms with van der Waals surface area (Å²) in [6.45, 7) is 5.31. The number of hydrogen-bond donors (Lipinski definition) is 0. The van der Waals surface area contributed by atoms with Crippen LogP contribution in [0.15, 0.2) is 36.4 Å². The average molecular weight is 399 g/mol. The van der Waals surface area contributed by atoms with Gasteiger partial charge in [0.25, 0.3) is 5.91 Å². The highest BCUT2D eigenvalue weighted by Crippen LogP contribution is 2.31. The summed E-state index contributed by atoms with van der Waals surface area (Å²) in [4.78, 5) is 25.9. The summed E-state index contributed by atoms with van der Waals surface area (Å²) in [5, 5.41) is 0. The summed E-state index contributed by atoms with van der Waals surface area (Å²) in [6, 6.07) is 10.6. The van der Waals surface area contributed by atoms with Crippen LogP contribution in [0.3, 0.4) is 0 Å². The summed E-state index contributed by atoms with van der Waals surface area (Å²) < 4.78 is 22.1. The van der Waals surface area contributed by atoms with Crippen LogP contribution in [-0.4, -0.2) is 50.1 Å². The number of benzene rings is 2. The number of amides is 1. The molecule has 7 nitrogen and oxygen atoms in total. The van der Waals surface area contributed by atoms with Gasteiger partial charge in [0.2, 0.25) is 0 Å². The third-order valence-corrected chi connectivity index (χ3v) is 4.64. The molecule has 0 N–H and O–H groups in total. The Balaban J connectivity index is 1.64. The molecule has 1 amide bonds. The molecule has 0 unspecified atom stereocenters. The first kappa shape index (κ1) is 20.5. The number of likely N-dealkylation sites (N-methyl/N-ethyl adjacent to an activating group) is 1. The van der Waals surface area contributed by atoms with Gasteiger partial charge >= 0.3 is 0 Å². The number of fused-ring (bicyclic) bond motifs is 1. The van der Waals surface area contributed by atoms with E-state index in [-0.39, 0.29) is 18.3 Å². The van der Waals surface area contributed by atoms with Gasteiger partial charge in [0.15, 0.2) is 35.4 Å². The monoisotopic (exact) mass is 399 g/mol. The van der Waals surface area contributed by atoms with Crippen molar-refractivity contribution in [2.45, 2.75) is 20.4 Å². The number of carbonyl (C=O) groups is 2. The van der Waals surface area contributed by atoms with Crippen molar-refractivity contribution in [1.29, 1.82) is 0 Å². The van der Waals surface area contributed by atoms with Crippen LogP contribution in [-0.2, 0) is 11.3 Å². The fourth-order valence-corrected chi connectivity index (χ4v) is 3.02. The van der Waals surface area contributed by atoms with E-state index in [1.165, 1.54) is 14.0 Å². The van der Waals surface area contributed by atoms with Crippen LogP contribution in [0, 0.1) is 0 Å². The molecule has 1 aliphatic heterocycles. The smallest absolute Gasteiger partial charge is 0.260 e. The Bertz CT molecular complexity index is 895. The van der Waals surface area contributed by atoms with Crippen molar-refractivity contribution in [3.8, 4) is 23.0 Å². The second-order valence-electron chi connectivity index (χ2n) is 6.60. The molecule has 2 aromatic rings. The molecule has 0 spiro atoms. The molecule has 29 heavy (non-hydrogen) atoms. The molecule has 0 saturated carbocycles. The summed E-state index contributed by atoms with van der Waals surface area (Å²) in [5.41, 5.74) is 1.47. The van der Waals surface area contributed by atoms with Crippen molar-refractivity contribution in [3.63, 3.8) is 0 Å². The lowest BCUT2D eigenvalue weighted by Crippen LogP contribution is -2.34. The van der Waals surface area contributed by atoms with Crippen molar-refractivity contribution in [3.05, 3.63) is 47.5 Å². The molecule has 0 radical (unpaired) electrons. The van der Waals surface area contributed by atoms with Gasteiger partial charge in [0, 0.05) is 18.7 Å². The molecule has 0 bridgehead atoms. The van der Waals surface area contributed by atoms with Crippen molar-refractivity contribution >= 4 is 11.7 Å². The van der Waals surface area contributed by atoms with E-state index in [4.69, 9.17) is 18.9 Å². The Morgan fingerprint density at radius 1 is 1.03 bits per heavy atom. The van der Waals surface area contributed by atoms with Crippen LogP contribution >= 0.6 is 0 Å². The normalized spacial score (nSPS) is 12.2. The largest absolute Gasteiger partial charge is 0.493 e. The second-order valence-corrected chi connectivity index (χ2v) is 6.60.